The summed E-state index contributed by atoms with van der Waals surface area (Å²) < 4.78 is 29.6. The minimum absolute atomic E-state index is 0. The Morgan fingerprint density at radius 3 is 2.78 bits per heavy atom. The first-order valence-corrected chi connectivity index (χ1v) is 8.79. The van der Waals surface area contributed by atoms with Crippen molar-refractivity contribution < 1.29 is 17.9 Å². The molecule has 0 spiro atoms. The zero-order chi connectivity index (χ0) is 16.3. The van der Waals surface area contributed by atoms with Crippen LogP contribution in [0.1, 0.15) is 11.1 Å². The zero-order valence-electron chi connectivity index (χ0n) is 13.1. The molecule has 1 aliphatic rings. The number of methoxy groups -OCH3 is 1. The number of anilines is 1. The molecule has 1 atom stereocenters. The van der Waals surface area contributed by atoms with Crippen LogP contribution in [0.3, 0.4) is 0 Å². The van der Waals surface area contributed by atoms with Crippen LogP contribution in [0.25, 0.3) is 0 Å². The van der Waals surface area contributed by atoms with E-state index in [-0.39, 0.29) is 24.9 Å². The molecule has 0 aromatic heterocycles. The summed E-state index contributed by atoms with van der Waals surface area (Å²) in [5, 5.41) is 2.80. The van der Waals surface area contributed by atoms with Crippen LogP contribution in [0.15, 0.2) is 18.2 Å². The predicted octanol–water partition coefficient (Wildman–Crippen LogP) is 0.338. The average Bonchev–Trinajstić information content (AvgIpc) is 2.46. The van der Waals surface area contributed by atoms with Crippen LogP contribution >= 0.6 is 12.4 Å². The second kappa shape index (κ2) is 8.07. The van der Waals surface area contributed by atoms with Gasteiger partial charge in [-0.05, 0) is 23.6 Å². The Balaban J connectivity index is 0.00000264. The third-order valence-corrected chi connectivity index (χ3v) is 4.89. The number of benzene rings is 1. The number of hydrogen-bond acceptors (Lipinski definition) is 5. The zero-order valence-corrected chi connectivity index (χ0v) is 14.7. The lowest BCUT2D eigenvalue weighted by Gasteiger charge is -2.28. The van der Waals surface area contributed by atoms with Crippen molar-refractivity contribution in [3.8, 4) is 0 Å². The molecule has 0 radical (unpaired) electrons. The van der Waals surface area contributed by atoms with Crippen LogP contribution < -0.4 is 11.1 Å². The van der Waals surface area contributed by atoms with E-state index in [1.54, 1.807) is 12.1 Å². The normalized spacial score (nSPS) is 16.1. The van der Waals surface area contributed by atoms with Crippen LogP contribution in [0.2, 0.25) is 0 Å². The number of halogens is 1. The van der Waals surface area contributed by atoms with Crippen LogP contribution in [0.4, 0.5) is 5.69 Å². The number of rotatable bonds is 5. The first kappa shape index (κ1) is 19.9. The highest BCUT2D eigenvalue weighted by atomic mass is 35.5. The Morgan fingerprint density at radius 1 is 1.48 bits per heavy atom. The highest BCUT2D eigenvalue weighted by Crippen LogP contribution is 2.27. The van der Waals surface area contributed by atoms with Crippen molar-refractivity contribution in [2.45, 2.75) is 19.0 Å². The molecule has 130 valence electrons. The number of nitrogens with zero attached hydrogens (tertiary/aromatic N) is 1. The SMILES string of the molecule is COCC(N)C(=O)Nc1cccc2c1CCN(S(C)(=O)=O)C2.Cl. The van der Waals surface area contributed by atoms with Crippen LogP contribution in [0.5, 0.6) is 0 Å². The van der Waals surface area contributed by atoms with Gasteiger partial charge in [0.2, 0.25) is 15.9 Å². The quantitative estimate of drug-likeness (QED) is 0.785. The molecular weight excluding hydrogens is 342 g/mol. The van der Waals surface area contributed by atoms with Gasteiger partial charge < -0.3 is 15.8 Å². The molecule has 0 aliphatic carbocycles. The summed E-state index contributed by atoms with van der Waals surface area (Å²) in [5.74, 6) is -0.319. The number of amides is 1. The Morgan fingerprint density at radius 2 is 2.17 bits per heavy atom. The summed E-state index contributed by atoms with van der Waals surface area (Å²) in [4.78, 5) is 12.0. The van der Waals surface area contributed by atoms with Crippen LogP contribution in [0, 0.1) is 0 Å². The highest BCUT2D eigenvalue weighted by Gasteiger charge is 2.25. The van der Waals surface area contributed by atoms with Gasteiger partial charge in [0, 0.05) is 25.9 Å². The third kappa shape index (κ3) is 4.89. The standard InChI is InChI=1S/C14H21N3O4S.ClH/c1-21-9-12(15)14(18)16-13-5-3-4-10-8-17(22(2,19)20)7-6-11(10)13;/h3-5,12H,6-9,15H2,1-2H3,(H,16,18);1H. The monoisotopic (exact) mass is 363 g/mol. The number of carbonyl (C=O) groups excluding carboxylic acids is 1. The first-order chi connectivity index (χ1) is 10.3. The number of carbonyl (C=O) groups is 1. The summed E-state index contributed by atoms with van der Waals surface area (Å²) in [5.41, 5.74) is 8.25. The summed E-state index contributed by atoms with van der Waals surface area (Å²) >= 11 is 0. The molecule has 9 heteroatoms. The maximum absolute atomic E-state index is 12.0. The molecular formula is C14H22ClN3O4S. The number of sulfonamides is 1. The molecule has 3 N–H and O–H groups in total. The Kier molecular flexibility index (Phi) is 6.97. The van der Waals surface area contributed by atoms with E-state index in [2.05, 4.69) is 5.32 Å². The number of fused-ring (bicyclic) bond motifs is 1. The van der Waals surface area contributed by atoms with Crippen molar-refractivity contribution in [3.05, 3.63) is 29.3 Å². The fourth-order valence-corrected chi connectivity index (χ4v) is 3.26. The number of nitrogens with two attached hydrogens (primary N) is 1. The van der Waals surface area contributed by atoms with Crippen molar-refractivity contribution >= 4 is 34.0 Å². The second-order valence-electron chi connectivity index (χ2n) is 5.34. The first-order valence-electron chi connectivity index (χ1n) is 6.94. The van der Waals surface area contributed by atoms with Gasteiger partial charge in [0.05, 0.1) is 12.9 Å². The lowest BCUT2D eigenvalue weighted by molar-refractivity contribution is -0.118. The summed E-state index contributed by atoms with van der Waals surface area (Å²) in [6.07, 6.45) is 1.76. The average molecular weight is 364 g/mol. The number of hydrogen-bond donors (Lipinski definition) is 2. The van der Waals surface area contributed by atoms with E-state index in [9.17, 15) is 13.2 Å². The topological polar surface area (TPSA) is 102 Å². The van der Waals surface area contributed by atoms with E-state index in [1.165, 1.54) is 17.7 Å². The van der Waals surface area contributed by atoms with Gasteiger partial charge in [0.1, 0.15) is 6.04 Å². The van der Waals surface area contributed by atoms with E-state index in [0.717, 1.165) is 11.1 Å². The molecule has 1 unspecified atom stereocenters. The molecule has 1 heterocycles. The third-order valence-electron chi connectivity index (χ3n) is 3.64. The van der Waals surface area contributed by atoms with Crippen LogP contribution in [-0.4, -0.2) is 51.2 Å². The Hall–Kier alpha value is -1.19. The van der Waals surface area contributed by atoms with E-state index in [0.29, 0.717) is 25.2 Å². The smallest absolute Gasteiger partial charge is 0.243 e. The van der Waals surface area contributed by atoms with Gasteiger partial charge in [-0.2, -0.15) is 4.31 Å². The van der Waals surface area contributed by atoms with Crippen molar-refractivity contribution in [1.82, 2.24) is 4.31 Å². The molecule has 0 bridgehead atoms. The molecule has 1 aromatic rings. The summed E-state index contributed by atoms with van der Waals surface area (Å²) in [6.45, 7) is 0.869. The molecule has 1 aliphatic heterocycles. The lowest BCUT2D eigenvalue weighted by atomic mass is 9.99. The maximum Gasteiger partial charge on any atom is 0.243 e. The summed E-state index contributed by atoms with van der Waals surface area (Å²) in [7, 11) is -1.73. The number of nitrogens with one attached hydrogen (secondary N) is 1. The minimum atomic E-state index is -3.22. The van der Waals surface area contributed by atoms with Gasteiger partial charge in [-0.25, -0.2) is 8.42 Å². The van der Waals surface area contributed by atoms with Crippen molar-refractivity contribution in [1.29, 1.82) is 0 Å². The van der Waals surface area contributed by atoms with E-state index < -0.39 is 16.1 Å². The molecule has 23 heavy (non-hydrogen) atoms. The Labute approximate surface area is 142 Å². The molecule has 1 amide bonds. The van der Waals surface area contributed by atoms with Gasteiger partial charge in [0.15, 0.2) is 0 Å². The highest BCUT2D eigenvalue weighted by molar-refractivity contribution is 7.88. The largest absolute Gasteiger partial charge is 0.383 e. The second-order valence-corrected chi connectivity index (χ2v) is 7.32. The van der Waals surface area contributed by atoms with E-state index >= 15 is 0 Å². The van der Waals surface area contributed by atoms with Gasteiger partial charge >= 0.3 is 0 Å². The number of ether oxygens (including phenoxy) is 1. The van der Waals surface area contributed by atoms with Crippen molar-refractivity contribution in [2.24, 2.45) is 5.73 Å². The van der Waals surface area contributed by atoms with Gasteiger partial charge in [-0.1, -0.05) is 12.1 Å². The van der Waals surface area contributed by atoms with Gasteiger partial charge in [-0.15, -0.1) is 12.4 Å². The molecule has 0 fully saturated rings. The Bertz CT molecular complexity index is 666. The fourth-order valence-electron chi connectivity index (χ4n) is 2.46. The molecule has 0 saturated carbocycles. The lowest BCUT2D eigenvalue weighted by Crippen LogP contribution is -2.40. The van der Waals surface area contributed by atoms with E-state index in [4.69, 9.17) is 10.5 Å². The maximum atomic E-state index is 12.0. The molecule has 2 rings (SSSR count). The summed E-state index contributed by atoms with van der Waals surface area (Å²) in [6, 6.07) is 4.73. The predicted molar refractivity (Wildman–Crippen MR) is 91.1 cm³/mol. The molecule has 1 aromatic carbocycles. The van der Waals surface area contributed by atoms with Crippen molar-refractivity contribution in [3.63, 3.8) is 0 Å². The van der Waals surface area contributed by atoms with Gasteiger partial charge in [-0.3, -0.25) is 4.79 Å². The van der Waals surface area contributed by atoms with Gasteiger partial charge in [0.25, 0.3) is 0 Å². The molecule has 7 nitrogen and oxygen atoms in total. The minimum Gasteiger partial charge on any atom is -0.383 e. The van der Waals surface area contributed by atoms with E-state index in [1.807, 2.05) is 6.07 Å². The van der Waals surface area contributed by atoms with Crippen molar-refractivity contribution in [2.75, 3.05) is 31.8 Å². The molecule has 0 saturated heterocycles. The van der Waals surface area contributed by atoms with Crippen LogP contribution in [-0.2, 0) is 32.5 Å². The fraction of sp³-hybridized carbons (Fsp3) is 0.500.